The molecule has 0 atom stereocenters. The summed E-state index contributed by atoms with van der Waals surface area (Å²) in [6, 6.07) is 0. The van der Waals surface area contributed by atoms with Gasteiger partial charge in [-0.25, -0.2) is 4.79 Å². The lowest BCUT2D eigenvalue weighted by Gasteiger charge is -2.20. The number of carbonyl (C=O) groups is 2. The van der Waals surface area contributed by atoms with Gasteiger partial charge >= 0.3 is 5.97 Å². The maximum atomic E-state index is 12.2. The zero-order chi connectivity index (χ0) is 14.0. The second kappa shape index (κ2) is 5.12. The predicted octanol–water partition coefficient (Wildman–Crippen LogP) is 0.142. The molecule has 0 aromatic rings. The molecule has 8 heteroatoms. The van der Waals surface area contributed by atoms with Crippen LogP contribution in [0.1, 0.15) is 25.7 Å². The average molecular weight is 286 g/mol. The van der Waals surface area contributed by atoms with Gasteiger partial charge in [0.15, 0.2) is 4.91 Å². The molecule has 0 spiro atoms. The molecule has 1 N–H and O–H groups in total. The summed E-state index contributed by atoms with van der Waals surface area (Å²) in [7, 11) is -4.16. The van der Waals surface area contributed by atoms with Crippen molar-refractivity contribution in [2.24, 2.45) is 4.40 Å². The largest absolute Gasteiger partial charge is 0.478 e. The fourth-order valence-corrected chi connectivity index (χ4v) is 3.28. The summed E-state index contributed by atoms with van der Waals surface area (Å²) in [5.74, 6) is -2.21. The van der Waals surface area contributed by atoms with Gasteiger partial charge in [-0.15, -0.1) is 0 Å². The number of rotatable bonds is 2. The molecule has 1 amide bonds. The summed E-state index contributed by atoms with van der Waals surface area (Å²) in [5.41, 5.74) is -0.547. The van der Waals surface area contributed by atoms with Crippen molar-refractivity contribution in [2.75, 3.05) is 13.1 Å². The van der Waals surface area contributed by atoms with Crippen LogP contribution in [0.3, 0.4) is 0 Å². The number of hydrogen-bond acceptors (Lipinski definition) is 4. The van der Waals surface area contributed by atoms with Crippen LogP contribution in [0.25, 0.3) is 0 Å². The third-order valence-corrected chi connectivity index (χ3v) is 4.43. The molecule has 1 saturated heterocycles. The van der Waals surface area contributed by atoms with Crippen LogP contribution in [0.5, 0.6) is 0 Å². The van der Waals surface area contributed by atoms with Crippen LogP contribution < -0.4 is 0 Å². The topological polar surface area (TPSA) is 104 Å². The van der Waals surface area contributed by atoms with E-state index >= 15 is 0 Å². The van der Waals surface area contributed by atoms with Crippen LogP contribution in [0.2, 0.25) is 0 Å². The Kier molecular flexibility index (Phi) is 3.70. The zero-order valence-corrected chi connectivity index (χ0v) is 11.0. The Bertz CT molecular complexity index is 568. The quantitative estimate of drug-likeness (QED) is 0.777. The highest BCUT2D eigenvalue weighted by Gasteiger charge is 2.37. The maximum absolute atomic E-state index is 12.2. The van der Waals surface area contributed by atoms with Gasteiger partial charge in [0.1, 0.15) is 5.57 Å². The van der Waals surface area contributed by atoms with E-state index < -0.39 is 32.4 Å². The van der Waals surface area contributed by atoms with E-state index in [2.05, 4.69) is 4.40 Å². The number of likely N-dealkylation sites (tertiary alicyclic amines) is 1. The Labute approximate surface area is 110 Å². The van der Waals surface area contributed by atoms with Gasteiger partial charge in [-0.3, -0.25) is 4.79 Å². The summed E-state index contributed by atoms with van der Waals surface area (Å²) < 4.78 is 26.5. The highest BCUT2D eigenvalue weighted by atomic mass is 32.2. The first-order valence-electron chi connectivity index (χ1n) is 6.00. The van der Waals surface area contributed by atoms with Crippen LogP contribution in [0.15, 0.2) is 14.9 Å². The van der Waals surface area contributed by atoms with E-state index in [-0.39, 0.29) is 0 Å². The van der Waals surface area contributed by atoms with Gasteiger partial charge in [0.05, 0.1) is 6.21 Å². The van der Waals surface area contributed by atoms with E-state index in [9.17, 15) is 18.0 Å². The van der Waals surface area contributed by atoms with E-state index in [1.807, 2.05) is 0 Å². The number of carboxylic acids is 1. The second-order valence-electron chi connectivity index (χ2n) is 4.46. The van der Waals surface area contributed by atoms with Gasteiger partial charge in [0.25, 0.3) is 15.9 Å². The Balaban J connectivity index is 2.35. The third-order valence-electron chi connectivity index (χ3n) is 3.14. The number of amides is 1. The number of hydrogen-bond donors (Lipinski definition) is 1. The highest BCUT2D eigenvalue weighted by Crippen LogP contribution is 2.24. The summed E-state index contributed by atoms with van der Waals surface area (Å²) in [5, 5.41) is 8.93. The lowest BCUT2D eigenvalue weighted by molar-refractivity contribution is -0.133. The smallest absolute Gasteiger partial charge is 0.338 e. The van der Waals surface area contributed by atoms with Crippen LogP contribution in [0, 0.1) is 0 Å². The van der Waals surface area contributed by atoms with Gasteiger partial charge in [-0.05, 0) is 12.8 Å². The molecule has 2 rings (SSSR count). The van der Waals surface area contributed by atoms with E-state index in [1.54, 1.807) is 0 Å². The van der Waals surface area contributed by atoms with Crippen molar-refractivity contribution in [2.45, 2.75) is 25.7 Å². The minimum atomic E-state index is -4.16. The molecule has 7 nitrogen and oxygen atoms in total. The van der Waals surface area contributed by atoms with Crippen molar-refractivity contribution in [1.82, 2.24) is 4.90 Å². The highest BCUT2D eigenvalue weighted by molar-refractivity contribution is 7.95. The minimum absolute atomic E-state index is 0.449. The molecule has 2 aliphatic heterocycles. The summed E-state index contributed by atoms with van der Waals surface area (Å²) >= 11 is 0. The first-order chi connectivity index (χ1) is 8.93. The molecule has 2 aliphatic rings. The third kappa shape index (κ3) is 2.67. The monoisotopic (exact) mass is 286 g/mol. The molecule has 0 aromatic heterocycles. The summed E-state index contributed by atoms with van der Waals surface area (Å²) in [4.78, 5) is 23.9. The van der Waals surface area contributed by atoms with Gasteiger partial charge in [0, 0.05) is 13.1 Å². The predicted molar refractivity (Wildman–Crippen MR) is 67.1 cm³/mol. The van der Waals surface area contributed by atoms with Gasteiger partial charge < -0.3 is 10.0 Å². The summed E-state index contributed by atoms with van der Waals surface area (Å²) in [6.45, 7) is 0.898. The standard InChI is InChI=1S/C11H14N2O5S/c14-10(13-5-3-1-2-4-6-13)9-8(11(15)16)7-12-19(9,17)18/h7H,1-6H2,(H,15,16). The van der Waals surface area contributed by atoms with Crippen LogP contribution in [-0.2, 0) is 19.6 Å². The second-order valence-corrected chi connectivity index (χ2v) is 6.03. The van der Waals surface area contributed by atoms with Crippen LogP contribution in [0.4, 0.5) is 0 Å². The fraction of sp³-hybridized carbons (Fsp3) is 0.545. The number of carboxylic acid groups (broad SMARTS) is 1. The Morgan fingerprint density at radius 2 is 1.74 bits per heavy atom. The molecule has 0 aliphatic carbocycles. The normalized spacial score (nSPS) is 22.4. The molecule has 19 heavy (non-hydrogen) atoms. The Morgan fingerprint density at radius 3 is 2.26 bits per heavy atom. The van der Waals surface area contributed by atoms with E-state index in [0.29, 0.717) is 13.1 Å². The van der Waals surface area contributed by atoms with E-state index in [0.717, 1.165) is 31.9 Å². The van der Waals surface area contributed by atoms with Crippen LogP contribution in [-0.4, -0.2) is 49.6 Å². The lowest BCUT2D eigenvalue weighted by atomic mass is 10.2. The number of nitrogens with zero attached hydrogens (tertiary/aromatic N) is 2. The fourth-order valence-electron chi connectivity index (χ4n) is 2.17. The number of aliphatic carboxylic acids is 1. The van der Waals surface area contributed by atoms with Gasteiger partial charge in [0.2, 0.25) is 0 Å². The van der Waals surface area contributed by atoms with Crippen molar-refractivity contribution in [1.29, 1.82) is 0 Å². The number of sulfonamides is 1. The van der Waals surface area contributed by atoms with E-state index in [4.69, 9.17) is 5.11 Å². The number of carbonyl (C=O) groups excluding carboxylic acids is 1. The average Bonchev–Trinajstić information content (AvgIpc) is 2.55. The van der Waals surface area contributed by atoms with Crippen molar-refractivity contribution < 1.29 is 23.1 Å². The molecular weight excluding hydrogens is 272 g/mol. The molecule has 0 aromatic carbocycles. The van der Waals surface area contributed by atoms with E-state index in [1.165, 1.54) is 4.90 Å². The molecule has 104 valence electrons. The minimum Gasteiger partial charge on any atom is -0.478 e. The van der Waals surface area contributed by atoms with Crippen molar-refractivity contribution >= 4 is 28.1 Å². The van der Waals surface area contributed by atoms with Crippen molar-refractivity contribution in [3.8, 4) is 0 Å². The SMILES string of the molecule is O=C(O)C1=C(C(=O)N2CCCCCC2)S(=O)(=O)N=C1. The molecule has 0 unspecified atom stereocenters. The lowest BCUT2D eigenvalue weighted by Crippen LogP contribution is -2.35. The summed E-state index contributed by atoms with van der Waals surface area (Å²) in [6.07, 6.45) is 4.28. The molecule has 2 heterocycles. The van der Waals surface area contributed by atoms with Gasteiger partial charge in [-0.1, -0.05) is 12.8 Å². The Morgan fingerprint density at radius 1 is 1.16 bits per heavy atom. The van der Waals surface area contributed by atoms with Crippen molar-refractivity contribution in [3.63, 3.8) is 0 Å². The maximum Gasteiger partial charge on any atom is 0.338 e. The first-order valence-corrected chi connectivity index (χ1v) is 7.44. The molecule has 0 radical (unpaired) electrons. The van der Waals surface area contributed by atoms with Crippen molar-refractivity contribution in [3.05, 3.63) is 10.5 Å². The first kappa shape index (κ1) is 13.7. The molecule has 0 bridgehead atoms. The molecular formula is C11H14N2O5S. The molecule has 1 fully saturated rings. The van der Waals surface area contributed by atoms with Crippen LogP contribution >= 0.6 is 0 Å². The Hall–Kier alpha value is -1.70. The van der Waals surface area contributed by atoms with Gasteiger partial charge in [-0.2, -0.15) is 12.8 Å². The zero-order valence-electron chi connectivity index (χ0n) is 10.2. The molecule has 0 saturated carbocycles.